The highest BCUT2D eigenvalue weighted by atomic mass is 32.1. The second-order valence-electron chi connectivity index (χ2n) is 6.19. The molecule has 4 rings (SSSR count). The molecule has 8 heteroatoms. The van der Waals surface area contributed by atoms with E-state index in [1.54, 1.807) is 36.4 Å². The van der Waals surface area contributed by atoms with Gasteiger partial charge in [0.05, 0.1) is 0 Å². The molecule has 0 radical (unpaired) electrons. The van der Waals surface area contributed by atoms with Crippen LogP contribution in [0.4, 0.5) is 0 Å². The van der Waals surface area contributed by atoms with E-state index in [0.717, 1.165) is 21.8 Å². The summed E-state index contributed by atoms with van der Waals surface area (Å²) in [6.45, 7) is -0.133. The van der Waals surface area contributed by atoms with Crippen LogP contribution in [0.25, 0.3) is 10.4 Å². The molecule has 1 aliphatic heterocycles. The van der Waals surface area contributed by atoms with Crippen LogP contribution in [0.2, 0.25) is 0 Å². The van der Waals surface area contributed by atoms with Gasteiger partial charge in [-0.3, -0.25) is 20.4 Å². The normalized spacial score (nSPS) is 11.4. The van der Waals surface area contributed by atoms with Crippen molar-refractivity contribution in [2.45, 2.75) is 6.61 Å². The maximum atomic E-state index is 12.3. The number of thiophene rings is 1. The monoisotopic (exact) mass is 408 g/mol. The molecule has 7 nitrogen and oxygen atoms in total. The molecule has 0 fully saturated rings. The molecule has 2 N–H and O–H groups in total. The van der Waals surface area contributed by atoms with E-state index in [1.807, 2.05) is 24.3 Å². The summed E-state index contributed by atoms with van der Waals surface area (Å²) in [6.07, 6.45) is 0. The number of ether oxygens (including phenoxy) is 2. The number of rotatable bonds is 4. The van der Waals surface area contributed by atoms with E-state index < -0.39 is 24.4 Å². The molecule has 1 aliphatic rings. The largest absolute Gasteiger partial charge is 0.488 e. The Morgan fingerprint density at radius 2 is 1.76 bits per heavy atom. The number of carbonyl (C=O) groups excluding carboxylic acids is 3. The fraction of sp³-hybridized carbons (Fsp3) is 0.0952. The van der Waals surface area contributed by atoms with Gasteiger partial charge in [0, 0.05) is 21.6 Å². The number of nitrogens with one attached hydrogen (secondary N) is 2. The minimum absolute atomic E-state index is 0.377. The zero-order chi connectivity index (χ0) is 20.2. The fourth-order valence-electron chi connectivity index (χ4n) is 2.83. The molecule has 0 saturated heterocycles. The maximum absolute atomic E-state index is 12.3. The van der Waals surface area contributed by atoms with Crippen LogP contribution in [0.1, 0.15) is 25.6 Å². The predicted octanol–water partition coefficient (Wildman–Crippen LogP) is 2.93. The lowest BCUT2D eigenvalue weighted by molar-refractivity contribution is -0.125. The first-order valence-corrected chi connectivity index (χ1v) is 9.60. The van der Waals surface area contributed by atoms with Gasteiger partial charge in [-0.15, -0.1) is 11.3 Å². The van der Waals surface area contributed by atoms with Gasteiger partial charge < -0.3 is 9.47 Å². The van der Waals surface area contributed by atoms with Crippen LogP contribution in [0.15, 0.2) is 60.7 Å². The number of carbonyl (C=O) groups is 3. The van der Waals surface area contributed by atoms with Gasteiger partial charge in [0.25, 0.3) is 11.8 Å². The van der Waals surface area contributed by atoms with Crippen molar-refractivity contribution in [3.8, 4) is 16.2 Å². The quantitative estimate of drug-likeness (QED) is 0.511. The average molecular weight is 408 g/mol. The Labute approximate surface area is 170 Å². The standard InChI is InChI=1S/C21H16N2O5S/c24-18(22-23-20(25)13-6-2-1-3-7-13)12-28-21(26)17-10-14-11-27-16-9-5-4-8-15(16)19(14)29-17/h1-10H,11-12H2,(H,22,24)(H,23,25). The van der Waals surface area contributed by atoms with Gasteiger partial charge >= 0.3 is 5.97 Å². The minimum Gasteiger partial charge on any atom is -0.488 e. The van der Waals surface area contributed by atoms with E-state index in [-0.39, 0.29) is 0 Å². The van der Waals surface area contributed by atoms with Crippen molar-refractivity contribution >= 4 is 29.1 Å². The summed E-state index contributed by atoms with van der Waals surface area (Å²) in [4.78, 5) is 37.4. The number of esters is 1. The van der Waals surface area contributed by atoms with Gasteiger partial charge in [-0.25, -0.2) is 4.79 Å². The van der Waals surface area contributed by atoms with Crippen LogP contribution >= 0.6 is 11.3 Å². The van der Waals surface area contributed by atoms with Crippen molar-refractivity contribution in [3.63, 3.8) is 0 Å². The molecule has 146 valence electrons. The van der Waals surface area contributed by atoms with Crippen molar-refractivity contribution < 1.29 is 23.9 Å². The molecule has 2 amide bonds. The van der Waals surface area contributed by atoms with Gasteiger partial charge in [0.1, 0.15) is 17.2 Å². The van der Waals surface area contributed by atoms with Gasteiger partial charge in [-0.2, -0.15) is 0 Å². The fourth-order valence-corrected chi connectivity index (χ4v) is 3.92. The molecule has 0 saturated carbocycles. The van der Waals surface area contributed by atoms with Crippen molar-refractivity contribution in [1.29, 1.82) is 0 Å². The summed E-state index contributed by atoms with van der Waals surface area (Å²) in [5, 5.41) is 0. The highest BCUT2D eigenvalue weighted by Gasteiger charge is 2.23. The Kier molecular flexibility index (Phi) is 5.26. The van der Waals surface area contributed by atoms with Crippen LogP contribution in [-0.2, 0) is 16.1 Å². The molecule has 29 heavy (non-hydrogen) atoms. The minimum atomic E-state index is -0.641. The first kappa shape index (κ1) is 18.7. The summed E-state index contributed by atoms with van der Waals surface area (Å²) in [5.41, 5.74) is 6.72. The lowest BCUT2D eigenvalue weighted by atomic mass is 10.1. The van der Waals surface area contributed by atoms with Gasteiger partial charge in [0.2, 0.25) is 0 Å². The average Bonchev–Trinajstić information content (AvgIpc) is 3.21. The number of benzene rings is 2. The molecular weight excluding hydrogens is 392 g/mol. The molecule has 1 aromatic heterocycles. The zero-order valence-electron chi connectivity index (χ0n) is 15.1. The predicted molar refractivity (Wildman–Crippen MR) is 106 cm³/mol. The molecule has 2 aromatic carbocycles. The number of fused-ring (bicyclic) bond motifs is 3. The zero-order valence-corrected chi connectivity index (χ0v) is 16.0. The topological polar surface area (TPSA) is 93.7 Å². The summed E-state index contributed by atoms with van der Waals surface area (Å²) in [5.74, 6) is -0.936. The molecule has 0 spiro atoms. The third kappa shape index (κ3) is 4.12. The van der Waals surface area contributed by atoms with Crippen molar-refractivity contribution in [2.75, 3.05) is 6.61 Å². The number of amides is 2. The third-order valence-electron chi connectivity index (χ3n) is 4.21. The maximum Gasteiger partial charge on any atom is 0.348 e. The van der Waals surface area contributed by atoms with Crippen molar-refractivity contribution in [2.24, 2.45) is 0 Å². The Hall–Kier alpha value is -3.65. The summed E-state index contributed by atoms with van der Waals surface area (Å²) < 4.78 is 10.7. The number of hydrazine groups is 1. The highest BCUT2D eigenvalue weighted by molar-refractivity contribution is 7.17. The van der Waals surface area contributed by atoms with Crippen LogP contribution in [-0.4, -0.2) is 24.4 Å². The van der Waals surface area contributed by atoms with Crippen LogP contribution in [0, 0.1) is 0 Å². The van der Waals surface area contributed by atoms with E-state index >= 15 is 0 Å². The molecule has 3 aromatic rings. The van der Waals surface area contributed by atoms with E-state index in [1.165, 1.54) is 11.3 Å². The lowest BCUT2D eigenvalue weighted by Gasteiger charge is -2.16. The van der Waals surface area contributed by atoms with E-state index in [2.05, 4.69) is 10.9 Å². The van der Waals surface area contributed by atoms with Crippen LogP contribution in [0.5, 0.6) is 5.75 Å². The SMILES string of the molecule is O=C(COC(=O)c1cc2c(s1)-c1ccccc1OC2)NNC(=O)c1ccccc1. The van der Waals surface area contributed by atoms with Gasteiger partial charge in [-0.1, -0.05) is 30.3 Å². The molecule has 0 aliphatic carbocycles. The van der Waals surface area contributed by atoms with E-state index in [4.69, 9.17) is 9.47 Å². The summed E-state index contributed by atoms with van der Waals surface area (Å²) in [7, 11) is 0. The smallest absolute Gasteiger partial charge is 0.348 e. The second kappa shape index (κ2) is 8.15. The van der Waals surface area contributed by atoms with Gasteiger partial charge in [-0.05, 0) is 30.3 Å². The molecule has 0 atom stereocenters. The van der Waals surface area contributed by atoms with Gasteiger partial charge in [0.15, 0.2) is 6.61 Å². The molecule has 0 bridgehead atoms. The number of hydrogen-bond donors (Lipinski definition) is 2. The Morgan fingerprint density at radius 1 is 1.00 bits per heavy atom. The third-order valence-corrected chi connectivity index (χ3v) is 5.40. The second-order valence-corrected chi connectivity index (χ2v) is 7.25. The Morgan fingerprint density at radius 3 is 2.59 bits per heavy atom. The molecule has 2 heterocycles. The Bertz CT molecular complexity index is 1080. The van der Waals surface area contributed by atoms with Crippen LogP contribution in [0.3, 0.4) is 0 Å². The summed E-state index contributed by atoms with van der Waals surface area (Å²) in [6, 6.07) is 17.8. The number of para-hydroxylation sites is 1. The van der Waals surface area contributed by atoms with Crippen molar-refractivity contribution in [3.05, 3.63) is 76.7 Å². The molecule has 0 unspecified atom stereocenters. The van der Waals surface area contributed by atoms with E-state index in [9.17, 15) is 14.4 Å². The number of hydrogen-bond acceptors (Lipinski definition) is 6. The van der Waals surface area contributed by atoms with Crippen molar-refractivity contribution in [1.82, 2.24) is 10.9 Å². The summed E-state index contributed by atoms with van der Waals surface area (Å²) >= 11 is 1.30. The van der Waals surface area contributed by atoms with E-state index in [0.29, 0.717) is 17.0 Å². The Balaban J connectivity index is 1.32. The van der Waals surface area contributed by atoms with Crippen LogP contribution < -0.4 is 15.6 Å². The highest BCUT2D eigenvalue weighted by Crippen LogP contribution is 2.42. The first-order valence-electron chi connectivity index (χ1n) is 8.78. The lowest BCUT2D eigenvalue weighted by Crippen LogP contribution is -2.43. The molecular formula is C21H16N2O5S. The first-order chi connectivity index (χ1) is 14.1.